The summed E-state index contributed by atoms with van der Waals surface area (Å²) in [5, 5.41) is 0. The molecule has 0 spiro atoms. The monoisotopic (exact) mass is 293 g/mol. The van der Waals surface area contributed by atoms with Crippen LogP contribution in [0.1, 0.15) is 18.4 Å². The van der Waals surface area contributed by atoms with E-state index in [4.69, 9.17) is 5.73 Å². The predicted octanol–water partition coefficient (Wildman–Crippen LogP) is 2.22. The third-order valence-electron chi connectivity index (χ3n) is 3.25. The van der Waals surface area contributed by atoms with Crippen molar-refractivity contribution in [2.24, 2.45) is 11.7 Å². The molecule has 0 amide bonds. The molecule has 0 bridgehead atoms. The van der Waals surface area contributed by atoms with Gasteiger partial charge in [0.25, 0.3) is 0 Å². The molecule has 0 aliphatic heterocycles. The Morgan fingerprint density at radius 1 is 1.26 bits per heavy atom. The first-order valence-electron chi connectivity index (χ1n) is 5.84. The van der Waals surface area contributed by atoms with Crippen molar-refractivity contribution >= 4 is 9.84 Å². The lowest BCUT2D eigenvalue weighted by Crippen LogP contribution is -2.39. The molecule has 0 heterocycles. The molecule has 3 nitrogen and oxygen atoms in total. The maximum atomic E-state index is 12.5. The first-order chi connectivity index (χ1) is 8.68. The Labute approximate surface area is 109 Å². The maximum Gasteiger partial charge on any atom is 0.416 e. The van der Waals surface area contributed by atoms with E-state index in [1.54, 1.807) is 0 Å². The molecule has 1 aromatic carbocycles. The number of rotatable bonds is 3. The molecule has 0 unspecified atom stereocenters. The molecule has 106 valence electrons. The first-order valence-corrected chi connectivity index (χ1v) is 7.49. The minimum Gasteiger partial charge on any atom is -0.328 e. The van der Waals surface area contributed by atoms with Gasteiger partial charge in [0.2, 0.25) is 0 Å². The molecule has 0 aromatic heterocycles. The lowest BCUT2D eigenvalue weighted by Gasteiger charge is -2.32. The molecule has 1 saturated carbocycles. The molecule has 19 heavy (non-hydrogen) atoms. The van der Waals surface area contributed by atoms with Crippen LogP contribution in [0.3, 0.4) is 0 Å². The van der Waals surface area contributed by atoms with Crippen LogP contribution in [0.4, 0.5) is 13.2 Å². The summed E-state index contributed by atoms with van der Waals surface area (Å²) >= 11 is 0. The van der Waals surface area contributed by atoms with Gasteiger partial charge in [0, 0.05) is 6.04 Å². The smallest absolute Gasteiger partial charge is 0.328 e. The average Bonchev–Trinajstić information content (AvgIpc) is 2.26. The van der Waals surface area contributed by atoms with E-state index in [0.717, 1.165) is 12.1 Å². The fourth-order valence-corrected chi connectivity index (χ4v) is 3.87. The highest BCUT2D eigenvalue weighted by molar-refractivity contribution is 7.91. The Bertz CT molecular complexity index is 563. The van der Waals surface area contributed by atoms with Crippen molar-refractivity contribution in [2.45, 2.75) is 30.0 Å². The Morgan fingerprint density at radius 3 is 2.42 bits per heavy atom. The number of halogens is 3. The van der Waals surface area contributed by atoms with Gasteiger partial charge in [0.15, 0.2) is 9.84 Å². The molecule has 0 radical (unpaired) electrons. The van der Waals surface area contributed by atoms with Gasteiger partial charge in [-0.25, -0.2) is 8.42 Å². The Hall–Kier alpha value is -1.08. The van der Waals surface area contributed by atoms with E-state index in [9.17, 15) is 21.6 Å². The van der Waals surface area contributed by atoms with Gasteiger partial charge < -0.3 is 5.73 Å². The zero-order valence-electron chi connectivity index (χ0n) is 10.0. The molecule has 2 rings (SSSR count). The highest BCUT2D eigenvalue weighted by Gasteiger charge is 2.34. The van der Waals surface area contributed by atoms with Gasteiger partial charge in [-0.15, -0.1) is 0 Å². The van der Waals surface area contributed by atoms with Crippen molar-refractivity contribution in [2.75, 3.05) is 5.75 Å². The third-order valence-corrected chi connectivity index (χ3v) is 5.13. The highest BCUT2D eigenvalue weighted by atomic mass is 32.2. The van der Waals surface area contributed by atoms with Gasteiger partial charge in [-0.2, -0.15) is 13.2 Å². The Morgan fingerprint density at radius 2 is 1.89 bits per heavy atom. The lowest BCUT2D eigenvalue weighted by molar-refractivity contribution is -0.137. The number of sulfone groups is 1. The molecule has 0 saturated heterocycles. The number of hydrogen-bond acceptors (Lipinski definition) is 3. The summed E-state index contributed by atoms with van der Waals surface area (Å²) in [6, 6.07) is 3.87. The SMILES string of the molecule is NC1CC(CS(=O)(=O)c2cccc(C(F)(F)F)c2)C1. The molecule has 1 aliphatic carbocycles. The second kappa shape index (κ2) is 4.79. The average molecular weight is 293 g/mol. The summed E-state index contributed by atoms with van der Waals surface area (Å²) < 4.78 is 61.6. The Balaban J connectivity index is 2.21. The molecule has 7 heteroatoms. The van der Waals surface area contributed by atoms with Crippen molar-refractivity contribution in [1.29, 1.82) is 0 Å². The molecular weight excluding hydrogens is 279 g/mol. The van der Waals surface area contributed by atoms with Crippen molar-refractivity contribution in [1.82, 2.24) is 0 Å². The number of hydrogen-bond donors (Lipinski definition) is 1. The predicted molar refractivity (Wildman–Crippen MR) is 64.2 cm³/mol. The van der Waals surface area contributed by atoms with Gasteiger partial charge >= 0.3 is 6.18 Å². The molecule has 1 aliphatic rings. The van der Waals surface area contributed by atoms with Crippen LogP contribution in [-0.4, -0.2) is 20.2 Å². The second-order valence-corrected chi connectivity index (χ2v) is 6.94. The van der Waals surface area contributed by atoms with Crippen LogP contribution < -0.4 is 5.73 Å². The van der Waals surface area contributed by atoms with E-state index >= 15 is 0 Å². The second-order valence-electron chi connectivity index (χ2n) is 4.90. The van der Waals surface area contributed by atoms with Gasteiger partial charge in [-0.3, -0.25) is 0 Å². The van der Waals surface area contributed by atoms with Crippen molar-refractivity contribution in [3.05, 3.63) is 29.8 Å². The van der Waals surface area contributed by atoms with Crippen molar-refractivity contribution in [3.63, 3.8) is 0 Å². The quantitative estimate of drug-likeness (QED) is 0.929. The van der Waals surface area contributed by atoms with Gasteiger partial charge in [-0.1, -0.05) is 6.07 Å². The summed E-state index contributed by atoms with van der Waals surface area (Å²) in [7, 11) is -3.68. The van der Waals surface area contributed by atoms with Crippen LogP contribution in [0.2, 0.25) is 0 Å². The number of alkyl halides is 3. The van der Waals surface area contributed by atoms with Gasteiger partial charge in [0.1, 0.15) is 0 Å². The highest BCUT2D eigenvalue weighted by Crippen LogP contribution is 2.32. The standard InChI is InChI=1S/C12H14F3NO2S/c13-12(14,15)9-2-1-3-11(6-9)19(17,18)7-8-4-10(16)5-8/h1-3,6,8,10H,4-5,7,16H2. The fraction of sp³-hybridized carbons (Fsp3) is 0.500. The zero-order valence-corrected chi connectivity index (χ0v) is 10.8. The molecule has 1 aromatic rings. The van der Waals surface area contributed by atoms with E-state index in [1.807, 2.05) is 0 Å². The molecule has 2 N–H and O–H groups in total. The summed E-state index contributed by atoms with van der Waals surface area (Å²) in [5.41, 5.74) is 4.62. The lowest BCUT2D eigenvalue weighted by atomic mass is 9.82. The van der Waals surface area contributed by atoms with E-state index < -0.39 is 21.6 Å². The van der Waals surface area contributed by atoms with E-state index in [2.05, 4.69) is 0 Å². The van der Waals surface area contributed by atoms with E-state index in [0.29, 0.717) is 18.9 Å². The van der Waals surface area contributed by atoms with Crippen LogP contribution in [0.15, 0.2) is 29.2 Å². The van der Waals surface area contributed by atoms with Crippen LogP contribution >= 0.6 is 0 Å². The van der Waals surface area contributed by atoms with Crippen LogP contribution in [0.5, 0.6) is 0 Å². The summed E-state index contributed by atoms with van der Waals surface area (Å²) in [6.07, 6.45) is -3.32. The van der Waals surface area contributed by atoms with Crippen molar-refractivity contribution < 1.29 is 21.6 Å². The summed E-state index contributed by atoms with van der Waals surface area (Å²) in [4.78, 5) is -0.275. The molecular formula is C12H14F3NO2S. The maximum absolute atomic E-state index is 12.5. The topological polar surface area (TPSA) is 60.2 Å². The Kier molecular flexibility index (Phi) is 3.61. The molecule has 1 fully saturated rings. The first kappa shape index (κ1) is 14.3. The number of benzene rings is 1. The minimum atomic E-state index is -4.54. The van der Waals surface area contributed by atoms with Crippen molar-refractivity contribution in [3.8, 4) is 0 Å². The van der Waals surface area contributed by atoms with Crippen LogP contribution in [0.25, 0.3) is 0 Å². The van der Waals surface area contributed by atoms with Gasteiger partial charge in [0.05, 0.1) is 16.2 Å². The van der Waals surface area contributed by atoms with Gasteiger partial charge in [-0.05, 0) is 37.0 Å². The van der Waals surface area contributed by atoms with E-state index in [-0.39, 0.29) is 22.6 Å². The fourth-order valence-electron chi connectivity index (χ4n) is 2.20. The third kappa shape index (κ3) is 3.27. The largest absolute Gasteiger partial charge is 0.416 e. The normalized spacial score (nSPS) is 24.0. The minimum absolute atomic E-state index is 0.0155. The summed E-state index contributed by atoms with van der Waals surface area (Å²) in [6.45, 7) is 0. The zero-order chi connectivity index (χ0) is 14.3. The van der Waals surface area contributed by atoms with E-state index in [1.165, 1.54) is 6.07 Å². The number of nitrogens with two attached hydrogens (primary N) is 1. The van der Waals surface area contributed by atoms with Crippen LogP contribution in [-0.2, 0) is 16.0 Å². The van der Waals surface area contributed by atoms with Crippen LogP contribution in [0, 0.1) is 5.92 Å². The molecule has 0 atom stereocenters. The summed E-state index contributed by atoms with van der Waals surface area (Å²) in [5.74, 6) is -0.184.